The number of halogens is 6. The van der Waals surface area contributed by atoms with Gasteiger partial charge in [0.05, 0.1) is 17.9 Å². The number of likely N-dealkylation sites (N-methyl/N-ethyl adjacent to an activating group) is 1. The molecule has 0 fully saturated rings. The lowest BCUT2D eigenvalue weighted by Crippen LogP contribution is -2.31. The van der Waals surface area contributed by atoms with Gasteiger partial charge in [0.25, 0.3) is 0 Å². The van der Waals surface area contributed by atoms with Gasteiger partial charge in [-0.05, 0) is 72.6 Å². The number of sulfonamides is 1. The van der Waals surface area contributed by atoms with Crippen LogP contribution in [0.25, 0.3) is 0 Å². The Balaban J connectivity index is 1.83. The van der Waals surface area contributed by atoms with Gasteiger partial charge >= 0.3 is 18.7 Å². The molecule has 3 rings (SSSR count). The van der Waals surface area contributed by atoms with Crippen molar-refractivity contribution in [1.82, 2.24) is 4.31 Å². The zero-order chi connectivity index (χ0) is 32.0. The molecule has 0 bridgehead atoms. The van der Waals surface area contributed by atoms with E-state index in [1.54, 1.807) is 13.0 Å². The summed E-state index contributed by atoms with van der Waals surface area (Å²) in [5, 5.41) is 13.2. The van der Waals surface area contributed by atoms with Gasteiger partial charge in [0.2, 0.25) is 10.0 Å². The quantitative estimate of drug-likeness (QED) is 0.121. The van der Waals surface area contributed by atoms with Gasteiger partial charge in [0, 0.05) is 18.2 Å². The second-order valence-corrected chi connectivity index (χ2v) is 10.9. The molecule has 0 saturated heterocycles. The number of hydrogen-bond acceptors (Lipinski definition) is 7. The Morgan fingerprint density at radius 1 is 0.860 bits per heavy atom. The van der Waals surface area contributed by atoms with Crippen LogP contribution in [0.2, 0.25) is 0 Å². The number of rotatable bonds is 12. The first kappa shape index (κ1) is 33.2. The highest BCUT2D eigenvalue weighted by atomic mass is 32.2. The third-order valence-corrected chi connectivity index (χ3v) is 7.70. The van der Waals surface area contributed by atoms with Gasteiger partial charge in [-0.25, -0.2) is 8.42 Å². The van der Waals surface area contributed by atoms with E-state index < -0.39 is 46.6 Å². The second kappa shape index (κ2) is 13.3. The number of ether oxygens (including phenoxy) is 2. The van der Waals surface area contributed by atoms with Crippen molar-refractivity contribution in [3.8, 4) is 11.5 Å². The second-order valence-electron chi connectivity index (χ2n) is 8.87. The van der Waals surface area contributed by atoms with E-state index in [1.807, 2.05) is 0 Å². The van der Waals surface area contributed by atoms with Crippen LogP contribution in [0.4, 0.5) is 26.3 Å². The van der Waals surface area contributed by atoms with Gasteiger partial charge in [-0.3, -0.25) is 4.79 Å². The molecule has 0 radical (unpaired) electrons. The van der Waals surface area contributed by atoms with Crippen LogP contribution in [0, 0.1) is 6.92 Å². The van der Waals surface area contributed by atoms with E-state index in [4.69, 9.17) is 4.84 Å². The Morgan fingerprint density at radius 3 is 1.79 bits per heavy atom. The summed E-state index contributed by atoms with van der Waals surface area (Å²) in [6, 6.07) is 13.2. The molecule has 9 nitrogen and oxygen atoms in total. The molecule has 16 heteroatoms. The van der Waals surface area contributed by atoms with Gasteiger partial charge < -0.3 is 19.4 Å². The number of hydrogen-bond donors (Lipinski definition) is 1. The summed E-state index contributed by atoms with van der Waals surface area (Å²) in [6.07, 6.45) is -10.4. The molecule has 0 amide bonds. The standard InChI is InChI=1S/C27H24F6N2O7S/c1-17-4-3-5-23(22(17)16-24(36)37)43(38,39)35(2)14-15-40-34-25(18-6-10-20(11-7-18)41-26(28,29)30)19-8-12-21(13-9-19)42-27(31,32)33/h3-13H,14-16H2,1-2H3,(H,36,37). The van der Waals surface area contributed by atoms with Crippen LogP contribution >= 0.6 is 0 Å². The van der Waals surface area contributed by atoms with Crippen LogP contribution in [-0.2, 0) is 26.1 Å². The van der Waals surface area contributed by atoms with E-state index in [0.29, 0.717) is 5.56 Å². The van der Waals surface area contributed by atoms with Crippen molar-refractivity contribution < 1.29 is 59.0 Å². The Bertz CT molecular complexity index is 1500. The maximum atomic E-state index is 13.2. The van der Waals surface area contributed by atoms with E-state index in [-0.39, 0.29) is 40.4 Å². The number of benzene rings is 3. The molecule has 0 unspecified atom stereocenters. The number of carbonyl (C=O) groups is 1. The molecule has 3 aromatic rings. The molecule has 0 aliphatic heterocycles. The number of nitrogens with zero attached hydrogens (tertiary/aromatic N) is 2. The highest BCUT2D eigenvalue weighted by molar-refractivity contribution is 7.89. The topological polar surface area (TPSA) is 115 Å². The molecule has 0 atom stereocenters. The third kappa shape index (κ3) is 9.61. The van der Waals surface area contributed by atoms with Crippen LogP contribution < -0.4 is 9.47 Å². The predicted molar refractivity (Wildman–Crippen MR) is 140 cm³/mol. The zero-order valence-electron chi connectivity index (χ0n) is 22.4. The van der Waals surface area contributed by atoms with E-state index in [9.17, 15) is 44.7 Å². The fourth-order valence-corrected chi connectivity index (χ4v) is 5.21. The Kier molecular flexibility index (Phi) is 10.3. The van der Waals surface area contributed by atoms with E-state index >= 15 is 0 Å². The normalized spacial score (nSPS) is 12.1. The van der Waals surface area contributed by atoms with Crippen LogP contribution in [0.15, 0.2) is 76.8 Å². The number of alkyl halides is 6. The molecule has 0 aliphatic rings. The Morgan fingerprint density at radius 2 is 1.35 bits per heavy atom. The number of carboxylic acids is 1. The predicted octanol–water partition coefficient (Wildman–Crippen LogP) is 5.51. The molecule has 43 heavy (non-hydrogen) atoms. The molecule has 0 aromatic heterocycles. The van der Waals surface area contributed by atoms with Gasteiger partial charge in [-0.1, -0.05) is 17.3 Å². The van der Waals surface area contributed by atoms with Crippen molar-refractivity contribution in [3.05, 3.63) is 89.0 Å². The summed E-state index contributed by atoms with van der Waals surface area (Å²) in [6.45, 7) is 1.00. The van der Waals surface area contributed by atoms with Crippen LogP contribution in [0.3, 0.4) is 0 Å². The summed E-state index contributed by atoms with van der Waals surface area (Å²) in [7, 11) is -2.91. The summed E-state index contributed by atoms with van der Waals surface area (Å²) < 4.78 is 110. The maximum absolute atomic E-state index is 13.2. The van der Waals surface area contributed by atoms with E-state index in [0.717, 1.165) is 28.6 Å². The number of carboxylic acid groups (broad SMARTS) is 1. The highest BCUT2D eigenvalue weighted by Crippen LogP contribution is 2.27. The molecule has 232 valence electrons. The molecular formula is C27H24F6N2O7S. The largest absolute Gasteiger partial charge is 0.573 e. The molecular weight excluding hydrogens is 610 g/mol. The van der Waals surface area contributed by atoms with E-state index in [1.165, 1.54) is 43.4 Å². The summed E-state index contributed by atoms with van der Waals surface area (Å²) in [5.41, 5.74) is 0.973. The summed E-state index contributed by atoms with van der Waals surface area (Å²) in [4.78, 5) is 16.4. The zero-order valence-corrected chi connectivity index (χ0v) is 23.3. The average molecular weight is 635 g/mol. The van der Waals surface area contributed by atoms with Gasteiger partial charge in [0.15, 0.2) is 0 Å². The molecule has 1 N–H and O–H groups in total. The molecule has 0 aliphatic carbocycles. The summed E-state index contributed by atoms with van der Waals surface area (Å²) in [5.74, 6) is -2.28. The van der Waals surface area contributed by atoms with Crippen LogP contribution in [0.1, 0.15) is 22.3 Å². The lowest BCUT2D eigenvalue weighted by molar-refractivity contribution is -0.275. The monoisotopic (exact) mass is 634 g/mol. The summed E-state index contributed by atoms with van der Waals surface area (Å²) >= 11 is 0. The lowest BCUT2D eigenvalue weighted by atomic mass is 10.0. The maximum Gasteiger partial charge on any atom is 0.573 e. The minimum atomic E-state index is -4.94. The SMILES string of the molecule is Cc1cccc(S(=O)(=O)N(C)CCON=C(c2ccc(OC(F)(F)F)cc2)c2ccc(OC(F)(F)F)cc2)c1CC(=O)O. The average Bonchev–Trinajstić information content (AvgIpc) is 2.89. The van der Waals surface area contributed by atoms with Crippen LogP contribution in [-0.4, -0.2) is 62.4 Å². The van der Waals surface area contributed by atoms with Crippen LogP contribution in [0.5, 0.6) is 11.5 Å². The molecule has 0 heterocycles. The first-order valence-electron chi connectivity index (χ1n) is 12.2. The molecule has 0 spiro atoms. The Labute approximate surface area is 241 Å². The van der Waals surface area contributed by atoms with Gasteiger partial charge in [-0.15, -0.1) is 26.3 Å². The fourth-order valence-electron chi connectivity index (χ4n) is 3.76. The van der Waals surface area contributed by atoms with Crippen molar-refractivity contribution in [1.29, 1.82) is 0 Å². The molecule has 3 aromatic carbocycles. The lowest BCUT2D eigenvalue weighted by Gasteiger charge is -2.19. The van der Waals surface area contributed by atoms with Crippen molar-refractivity contribution in [2.24, 2.45) is 5.16 Å². The molecule has 0 saturated carbocycles. The smallest absolute Gasteiger partial charge is 0.481 e. The minimum Gasteiger partial charge on any atom is -0.481 e. The van der Waals surface area contributed by atoms with Crippen molar-refractivity contribution in [2.75, 3.05) is 20.2 Å². The van der Waals surface area contributed by atoms with Crippen molar-refractivity contribution >= 4 is 21.7 Å². The van der Waals surface area contributed by atoms with Gasteiger partial charge in [0.1, 0.15) is 23.8 Å². The highest BCUT2D eigenvalue weighted by Gasteiger charge is 2.32. The fraction of sp³-hybridized carbons (Fsp3) is 0.259. The Hall–Kier alpha value is -4.31. The van der Waals surface area contributed by atoms with Crippen molar-refractivity contribution in [2.45, 2.75) is 31.0 Å². The number of aryl methyl sites for hydroxylation is 1. The van der Waals surface area contributed by atoms with Crippen molar-refractivity contribution in [3.63, 3.8) is 0 Å². The first-order chi connectivity index (χ1) is 20.0. The third-order valence-electron chi connectivity index (χ3n) is 5.76. The van der Waals surface area contributed by atoms with Gasteiger partial charge in [-0.2, -0.15) is 4.31 Å². The van der Waals surface area contributed by atoms with E-state index in [2.05, 4.69) is 14.6 Å². The number of oxime groups is 1. The minimum absolute atomic E-state index is 0.00921. The number of aliphatic carboxylic acids is 1. The first-order valence-corrected chi connectivity index (χ1v) is 13.6.